The van der Waals surface area contributed by atoms with E-state index in [0.29, 0.717) is 0 Å². The van der Waals surface area contributed by atoms with Gasteiger partial charge in [-0.1, -0.05) is 12.1 Å². The molecule has 0 fully saturated rings. The summed E-state index contributed by atoms with van der Waals surface area (Å²) < 4.78 is 11.9. The molecule has 0 saturated carbocycles. The van der Waals surface area contributed by atoms with Gasteiger partial charge in [-0.25, -0.2) is 0 Å². The fraction of sp³-hybridized carbons (Fsp3) is 0.381. The standard InChI is InChI=1S/C21H25O2/c1-20(2,3)22-16-7-9-18-14(12-16)11-15-13-17(8-10-19(15)18)23-21(4,5)6/h7-13H,1-6H3. The van der Waals surface area contributed by atoms with Gasteiger partial charge in [0, 0.05) is 6.42 Å². The van der Waals surface area contributed by atoms with Crippen molar-refractivity contribution in [2.24, 2.45) is 0 Å². The molecule has 3 rings (SSSR count). The lowest BCUT2D eigenvalue weighted by Gasteiger charge is -2.21. The molecule has 0 aromatic heterocycles. The van der Waals surface area contributed by atoms with Crippen molar-refractivity contribution >= 4 is 0 Å². The molecule has 0 aliphatic heterocycles. The van der Waals surface area contributed by atoms with E-state index in [1.54, 1.807) is 0 Å². The van der Waals surface area contributed by atoms with E-state index >= 15 is 0 Å². The molecule has 1 aliphatic carbocycles. The van der Waals surface area contributed by atoms with Crippen LogP contribution in [0.1, 0.15) is 52.7 Å². The minimum absolute atomic E-state index is 0.187. The average molecular weight is 309 g/mol. The smallest absolute Gasteiger partial charge is 0.120 e. The molecule has 2 aromatic carbocycles. The van der Waals surface area contributed by atoms with E-state index in [2.05, 4.69) is 72.2 Å². The highest BCUT2D eigenvalue weighted by Gasteiger charge is 2.22. The molecule has 121 valence electrons. The molecule has 0 saturated heterocycles. The summed E-state index contributed by atoms with van der Waals surface area (Å²) in [6, 6.07) is 12.6. The molecule has 1 aliphatic rings. The topological polar surface area (TPSA) is 18.5 Å². The van der Waals surface area contributed by atoms with E-state index in [4.69, 9.17) is 9.47 Å². The van der Waals surface area contributed by atoms with Gasteiger partial charge < -0.3 is 9.47 Å². The largest absolute Gasteiger partial charge is 0.488 e. The molecule has 0 amide bonds. The highest BCUT2D eigenvalue weighted by molar-refractivity contribution is 5.82. The van der Waals surface area contributed by atoms with Gasteiger partial charge in [0.1, 0.15) is 22.7 Å². The Morgan fingerprint density at radius 1 is 0.609 bits per heavy atom. The number of hydrogen-bond donors (Lipinski definition) is 0. The zero-order valence-corrected chi connectivity index (χ0v) is 14.9. The van der Waals surface area contributed by atoms with Gasteiger partial charge in [-0.05, 0) is 88.1 Å². The summed E-state index contributed by atoms with van der Waals surface area (Å²) in [5, 5.41) is 0. The minimum Gasteiger partial charge on any atom is -0.488 e. The molecule has 2 nitrogen and oxygen atoms in total. The van der Waals surface area contributed by atoms with E-state index in [9.17, 15) is 0 Å². The summed E-state index contributed by atoms with van der Waals surface area (Å²) in [7, 11) is 0. The van der Waals surface area contributed by atoms with Gasteiger partial charge in [0.05, 0.1) is 0 Å². The SMILES string of the molecule is CC(C)(C)Oc1ccc2c(c1)[CH]c1cc(OC(C)(C)C)ccc1-2. The summed E-state index contributed by atoms with van der Waals surface area (Å²) >= 11 is 0. The minimum atomic E-state index is -0.187. The molecule has 2 heteroatoms. The van der Waals surface area contributed by atoms with Crippen molar-refractivity contribution in [1.82, 2.24) is 0 Å². The fourth-order valence-electron chi connectivity index (χ4n) is 2.81. The molecule has 0 N–H and O–H groups in total. The normalized spacial score (nSPS) is 13.5. The summed E-state index contributed by atoms with van der Waals surface area (Å²) in [5.74, 6) is 1.82. The van der Waals surface area contributed by atoms with Crippen molar-refractivity contribution in [3.8, 4) is 22.6 Å². The molecule has 0 bridgehead atoms. The van der Waals surface area contributed by atoms with Crippen LogP contribution in [0.4, 0.5) is 0 Å². The van der Waals surface area contributed by atoms with Gasteiger partial charge >= 0.3 is 0 Å². The molecule has 1 radical (unpaired) electrons. The number of benzene rings is 2. The Hall–Kier alpha value is -1.96. The Morgan fingerprint density at radius 3 is 1.35 bits per heavy atom. The maximum absolute atomic E-state index is 5.97. The van der Waals surface area contributed by atoms with Crippen molar-refractivity contribution in [2.75, 3.05) is 0 Å². The molecule has 0 spiro atoms. The third-order valence-corrected chi connectivity index (χ3v) is 3.50. The van der Waals surface area contributed by atoms with E-state index < -0.39 is 0 Å². The zero-order valence-electron chi connectivity index (χ0n) is 14.9. The van der Waals surface area contributed by atoms with Crippen LogP contribution in [0.25, 0.3) is 11.1 Å². The maximum atomic E-state index is 5.97. The van der Waals surface area contributed by atoms with Crippen LogP contribution in [0, 0.1) is 6.42 Å². The zero-order chi connectivity index (χ0) is 16.8. The van der Waals surface area contributed by atoms with Crippen LogP contribution in [0.15, 0.2) is 36.4 Å². The third kappa shape index (κ3) is 3.69. The van der Waals surface area contributed by atoms with E-state index in [1.165, 1.54) is 22.3 Å². The second-order valence-electron chi connectivity index (χ2n) is 8.07. The number of rotatable bonds is 2. The molecule has 0 heterocycles. The van der Waals surface area contributed by atoms with Crippen LogP contribution in [-0.2, 0) is 0 Å². The second-order valence-corrected chi connectivity index (χ2v) is 8.07. The molecular weight excluding hydrogens is 284 g/mol. The van der Waals surface area contributed by atoms with Crippen LogP contribution < -0.4 is 9.47 Å². The van der Waals surface area contributed by atoms with Crippen LogP contribution in [0.5, 0.6) is 11.5 Å². The monoisotopic (exact) mass is 309 g/mol. The number of fused-ring (bicyclic) bond motifs is 3. The molecule has 0 unspecified atom stereocenters. The highest BCUT2D eigenvalue weighted by atomic mass is 16.5. The van der Waals surface area contributed by atoms with Crippen molar-refractivity contribution in [3.63, 3.8) is 0 Å². The molecular formula is C21H25O2. The molecule has 2 aromatic rings. The Bertz CT molecular complexity index is 667. The molecule has 0 atom stereocenters. The van der Waals surface area contributed by atoms with E-state index in [0.717, 1.165) is 11.5 Å². The lowest BCUT2D eigenvalue weighted by molar-refractivity contribution is 0.130. The number of hydrogen-bond acceptors (Lipinski definition) is 2. The van der Waals surface area contributed by atoms with Crippen molar-refractivity contribution < 1.29 is 9.47 Å². The first-order valence-electron chi connectivity index (χ1n) is 8.12. The Morgan fingerprint density at radius 2 is 1.00 bits per heavy atom. The predicted molar refractivity (Wildman–Crippen MR) is 95.1 cm³/mol. The van der Waals surface area contributed by atoms with Crippen molar-refractivity contribution in [2.45, 2.75) is 52.7 Å². The van der Waals surface area contributed by atoms with Crippen molar-refractivity contribution in [3.05, 3.63) is 53.9 Å². The van der Waals surface area contributed by atoms with E-state index in [-0.39, 0.29) is 11.2 Å². The lowest BCUT2D eigenvalue weighted by Crippen LogP contribution is -2.22. The van der Waals surface area contributed by atoms with Gasteiger partial charge in [-0.2, -0.15) is 0 Å². The Balaban J connectivity index is 1.88. The van der Waals surface area contributed by atoms with Crippen molar-refractivity contribution in [1.29, 1.82) is 0 Å². The summed E-state index contributed by atoms with van der Waals surface area (Å²) in [6.07, 6.45) is 2.20. The van der Waals surface area contributed by atoms with Crippen LogP contribution >= 0.6 is 0 Å². The van der Waals surface area contributed by atoms with Crippen LogP contribution in [0.2, 0.25) is 0 Å². The number of ether oxygens (including phenoxy) is 2. The average Bonchev–Trinajstić information content (AvgIpc) is 2.71. The molecule has 23 heavy (non-hydrogen) atoms. The highest BCUT2D eigenvalue weighted by Crippen LogP contribution is 2.41. The second kappa shape index (κ2) is 5.30. The first kappa shape index (κ1) is 15.9. The van der Waals surface area contributed by atoms with Gasteiger partial charge in [-0.3, -0.25) is 0 Å². The van der Waals surface area contributed by atoms with Gasteiger partial charge in [0.15, 0.2) is 0 Å². The Labute approximate surface area is 139 Å². The summed E-state index contributed by atoms with van der Waals surface area (Å²) in [6.45, 7) is 12.4. The van der Waals surface area contributed by atoms with Gasteiger partial charge in [-0.15, -0.1) is 0 Å². The van der Waals surface area contributed by atoms with Crippen LogP contribution in [0.3, 0.4) is 0 Å². The van der Waals surface area contributed by atoms with Gasteiger partial charge in [0.2, 0.25) is 0 Å². The summed E-state index contributed by atoms with van der Waals surface area (Å²) in [5.41, 5.74) is 4.54. The Kier molecular flexibility index (Phi) is 3.66. The quantitative estimate of drug-likeness (QED) is 0.611. The summed E-state index contributed by atoms with van der Waals surface area (Å²) in [4.78, 5) is 0. The lowest BCUT2D eigenvalue weighted by atomic mass is 10.1. The van der Waals surface area contributed by atoms with Crippen LogP contribution in [-0.4, -0.2) is 11.2 Å². The fourth-order valence-corrected chi connectivity index (χ4v) is 2.81. The predicted octanol–water partition coefficient (Wildman–Crippen LogP) is 5.62. The maximum Gasteiger partial charge on any atom is 0.120 e. The first-order valence-corrected chi connectivity index (χ1v) is 8.12. The van der Waals surface area contributed by atoms with E-state index in [1.807, 2.05) is 12.1 Å². The first-order chi connectivity index (χ1) is 10.6. The van der Waals surface area contributed by atoms with Gasteiger partial charge in [0.25, 0.3) is 0 Å². The third-order valence-electron chi connectivity index (χ3n) is 3.50.